The summed E-state index contributed by atoms with van der Waals surface area (Å²) in [5, 5.41) is 0. The molecule has 0 N–H and O–H groups in total. The van der Waals surface area contributed by atoms with Crippen LogP contribution in [0.4, 0.5) is 34.0 Å². The first-order valence-electron chi connectivity index (χ1n) is 9.65. The Labute approximate surface area is 243 Å². The molecule has 0 aliphatic carbocycles. The molecule has 0 saturated heterocycles. The van der Waals surface area contributed by atoms with Gasteiger partial charge in [0.15, 0.2) is 20.8 Å². The fraction of sp³-hybridized carbons (Fsp3) is 0.143. The van der Waals surface area contributed by atoms with E-state index < -0.39 is 29.8 Å². The molecule has 3 rings (SSSR count). The Kier molecular flexibility index (Phi) is 13.9. The monoisotopic (exact) mass is 884 g/mol. The van der Waals surface area contributed by atoms with Crippen molar-refractivity contribution in [3.05, 3.63) is 89.6 Å². The second-order valence-electron chi connectivity index (χ2n) is 6.58. The molecule has 0 atom stereocenters. The minimum absolute atomic E-state index is 0.0449. The SMILES string of the molecule is COc1ccc([I+]c2ccccc2)cc1.COc1ccc([IH+])cc1.F[As-](F)(F)(F)(F)F.O=S(=O)([O-])C(F)(F)F. The van der Waals surface area contributed by atoms with E-state index in [4.69, 9.17) is 22.4 Å². The molecule has 0 bridgehead atoms. The summed E-state index contributed by atoms with van der Waals surface area (Å²) in [7, 11) is -2.72. The van der Waals surface area contributed by atoms with Crippen LogP contribution in [0.1, 0.15) is 0 Å². The number of alkyl halides is 3. The quantitative estimate of drug-likeness (QED) is 0.123. The van der Waals surface area contributed by atoms with Gasteiger partial charge in [0.2, 0.25) is 0 Å². The van der Waals surface area contributed by atoms with Crippen molar-refractivity contribution in [1.29, 1.82) is 0 Å². The number of rotatable bonds is 4. The van der Waals surface area contributed by atoms with Gasteiger partial charge in [-0.1, -0.05) is 18.2 Å². The smallest absolute Gasteiger partial charge is 0.485 e. The molecule has 39 heavy (non-hydrogen) atoms. The predicted octanol–water partition coefficient (Wildman–Crippen LogP) is 0.166. The van der Waals surface area contributed by atoms with E-state index in [2.05, 4.69) is 42.5 Å². The zero-order valence-corrected chi connectivity index (χ0v) is 26.8. The van der Waals surface area contributed by atoms with Gasteiger partial charge < -0.3 is 14.0 Å². The van der Waals surface area contributed by atoms with E-state index in [0.717, 1.165) is 11.5 Å². The maximum atomic E-state index is 10.7. The van der Waals surface area contributed by atoms with Crippen molar-refractivity contribution in [2.45, 2.75) is 5.51 Å². The van der Waals surface area contributed by atoms with Gasteiger partial charge in [0, 0.05) is 0 Å². The van der Waals surface area contributed by atoms with Crippen LogP contribution < -0.4 is 53.3 Å². The third kappa shape index (κ3) is 23.0. The van der Waals surface area contributed by atoms with Crippen LogP contribution in [-0.2, 0) is 10.1 Å². The van der Waals surface area contributed by atoms with E-state index in [9.17, 15) is 34.0 Å². The normalized spacial score (nSPS) is 12.9. The van der Waals surface area contributed by atoms with Crippen LogP contribution in [-0.4, -0.2) is 46.9 Å². The summed E-state index contributed by atoms with van der Waals surface area (Å²) < 4.78 is 133. The molecule has 5 nitrogen and oxygen atoms in total. The molecule has 222 valence electrons. The maximum absolute atomic E-state index is 11.1. The van der Waals surface area contributed by atoms with Gasteiger partial charge in [-0.3, -0.25) is 0 Å². The van der Waals surface area contributed by atoms with Crippen LogP contribution in [0.15, 0.2) is 78.9 Å². The first kappa shape index (κ1) is 37.6. The molecule has 0 radical (unpaired) electrons. The van der Waals surface area contributed by atoms with Gasteiger partial charge in [0.25, 0.3) is 22.6 Å². The van der Waals surface area contributed by atoms with Crippen LogP contribution in [0.2, 0.25) is 0 Å². The standard InChI is InChI=1S/C13H12IO.C7H8IO.CHF3O3S.AsF6/c1-15-13-9-7-12(8-10-13)14-11-5-3-2-4-6-11;1-9-7-4-2-6(8)3-5-7;2-1(3,4)8(5,6)7;2-1(3,4,5,6)7/h2-10H,1H3;2-5,8H,1H3;(H,5,6,7);/q2*+1;;-1/p-1. The van der Waals surface area contributed by atoms with Crippen LogP contribution in [0.5, 0.6) is 11.5 Å². The van der Waals surface area contributed by atoms with Crippen molar-refractivity contribution in [2.75, 3.05) is 14.2 Å². The van der Waals surface area contributed by atoms with Crippen LogP contribution >= 0.6 is 0 Å². The molecule has 0 aliphatic heterocycles. The molecule has 0 aromatic heterocycles. The largest absolute Gasteiger partial charge is 0.741 e. The Balaban J connectivity index is 0.000000524. The zero-order valence-electron chi connectivity index (χ0n) is 19.6. The second-order valence-corrected chi connectivity index (χ2v) is 16.4. The van der Waals surface area contributed by atoms with Crippen molar-refractivity contribution < 1.29 is 100 Å². The number of benzene rings is 3. The summed E-state index contributed by atoms with van der Waals surface area (Å²) in [4.78, 5) is 0. The third-order valence-electron chi connectivity index (χ3n) is 3.34. The Morgan fingerprint density at radius 2 is 1.03 bits per heavy atom. The third-order valence-corrected chi connectivity index (χ3v) is 7.37. The fourth-order valence-electron chi connectivity index (χ4n) is 1.81. The number of hydrogen-bond donors (Lipinski definition) is 0. The molecule has 3 aromatic rings. The van der Waals surface area contributed by atoms with Crippen LogP contribution in [0.25, 0.3) is 0 Å². The Morgan fingerprint density at radius 1 is 0.718 bits per heavy atom. The summed E-state index contributed by atoms with van der Waals surface area (Å²) in [6.07, 6.45) is 0. The molecule has 18 heteroatoms. The minimum atomic E-state index is -11.1. The van der Waals surface area contributed by atoms with Crippen molar-refractivity contribution in [2.24, 2.45) is 0 Å². The van der Waals surface area contributed by atoms with E-state index in [1.807, 2.05) is 59.0 Å². The molecule has 0 aliphatic rings. The van der Waals surface area contributed by atoms with E-state index in [1.165, 1.54) is 10.7 Å². The Morgan fingerprint density at radius 3 is 1.33 bits per heavy atom. The number of methoxy groups -OCH3 is 2. The van der Waals surface area contributed by atoms with Gasteiger partial charge in [0.05, 0.1) is 14.2 Å². The Hall–Kier alpha value is -1.44. The summed E-state index contributed by atoms with van der Waals surface area (Å²) in [6, 6.07) is 27.0. The van der Waals surface area contributed by atoms with Crippen LogP contribution in [0.3, 0.4) is 0 Å². The van der Waals surface area contributed by atoms with Crippen LogP contribution in [0, 0.1) is 10.7 Å². The van der Waals surface area contributed by atoms with Crippen molar-refractivity contribution in [1.82, 2.24) is 0 Å². The molecule has 0 fully saturated rings. The van der Waals surface area contributed by atoms with Gasteiger partial charge in [0.1, 0.15) is 11.5 Å². The first-order valence-corrected chi connectivity index (χ1v) is 18.6. The topological polar surface area (TPSA) is 75.7 Å². The molecule has 0 unspecified atom stereocenters. The summed E-state index contributed by atoms with van der Waals surface area (Å²) in [5.41, 5.74) is -5.65. The van der Waals surface area contributed by atoms with E-state index in [1.54, 1.807) is 14.2 Å². The van der Waals surface area contributed by atoms with Gasteiger partial charge in [-0.05, 0) is 60.7 Å². The fourth-order valence-corrected chi connectivity index (χ4v) is 4.41. The summed E-state index contributed by atoms with van der Waals surface area (Å²) >= 11 is -9.12. The molecule has 0 spiro atoms. The average Bonchev–Trinajstić information content (AvgIpc) is 2.78. The number of halogens is 11. The average molecular weight is 884 g/mol. The van der Waals surface area contributed by atoms with Gasteiger partial charge in [-0.25, -0.2) is 8.42 Å². The van der Waals surface area contributed by atoms with Crippen molar-refractivity contribution >= 4 is 24.3 Å². The molecule has 3 aromatic carbocycles. The van der Waals surface area contributed by atoms with E-state index in [-0.39, 0.29) is 21.2 Å². The maximum Gasteiger partial charge on any atom is 0.485 e. The minimum Gasteiger partial charge on any atom is -0.741 e. The molecule has 0 saturated carbocycles. The summed E-state index contributed by atoms with van der Waals surface area (Å²) in [6.45, 7) is 0. The van der Waals surface area contributed by atoms with Gasteiger partial charge in [-0.2, -0.15) is 13.2 Å². The zero-order chi connectivity index (χ0) is 30.6. The summed E-state index contributed by atoms with van der Waals surface area (Å²) in [5.74, 6) is 1.85. The van der Waals surface area contributed by atoms with E-state index in [0.29, 0.717) is 0 Å². The predicted molar refractivity (Wildman–Crippen MR) is 118 cm³/mol. The Bertz CT molecular complexity index is 1230. The molecule has 0 heterocycles. The second kappa shape index (κ2) is 14.5. The number of hydrogen-bond acceptors (Lipinski definition) is 5. The van der Waals surface area contributed by atoms with Crippen molar-refractivity contribution in [3.63, 3.8) is 0 Å². The van der Waals surface area contributed by atoms with Crippen molar-refractivity contribution in [3.8, 4) is 11.5 Å². The first-order chi connectivity index (χ1) is 17.4. The molecular weight excluding hydrogens is 864 g/mol. The number of ether oxygens (including phenoxy) is 2. The van der Waals surface area contributed by atoms with Gasteiger partial charge in [-0.15, -0.1) is 0 Å². The van der Waals surface area contributed by atoms with E-state index >= 15 is 0 Å². The van der Waals surface area contributed by atoms with Gasteiger partial charge >= 0.3 is 61.7 Å². The molecule has 0 amide bonds. The molecular formula is C21H20AsF9I2O5S.